The third-order valence-electron chi connectivity index (χ3n) is 7.03. The van der Waals surface area contributed by atoms with Crippen molar-refractivity contribution < 1.29 is 4.74 Å². The molecule has 0 spiro atoms. The van der Waals surface area contributed by atoms with Gasteiger partial charge in [-0.1, -0.05) is 35.9 Å². The van der Waals surface area contributed by atoms with Crippen LogP contribution in [0, 0.1) is 0 Å². The molecule has 204 valence electrons. The summed E-state index contributed by atoms with van der Waals surface area (Å²) in [6.45, 7) is 7.64. The Balaban J connectivity index is 0.00000200. The average Bonchev–Trinajstić information content (AvgIpc) is 3.27. The van der Waals surface area contributed by atoms with Crippen LogP contribution in [0.25, 0.3) is 22.0 Å². The molecule has 2 N–H and O–H groups in total. The number of hydrogen-bond acceptors (Lipinski definition) is 5. The lowest BCUT2D eigenvalue weighted by molar-refractivity contribution is 0.122. The number of benzene rings is 2. The Morgan fingerprint density at radius 1 is 0.947 bits per heavy atom. The number of nitrogens with two attached hydrogens (primary N) is 1. The zero-order chi connectivity index (χ0) is 24.9. The number of ether oxygens (including phenoxy) is 1. The summed E-state index contributed by atoms with van der Waals surface area (Å²) < 4.78 is 7.57. The maximum atomic E-state index is 6.37. The second-order valence-corrected chi connectivity index (χ2v) is 9.87. The molecule has 5 rings (SSSR count). The molecule has 38 heavy (non-hydrogen) atoms. The van der Waals surface area contributed by atoms with Crippen molar-refractivity contribution in [1.82, 2.24) is 19.4 Å². The van der Waals surface area contributed by atoms with Gasteiger partial charge in [-0.3, -0.25) is 9.80 Å². The van der Waals surface area contributed by atoms with Crippen LogP contribution in [0.3, 0.4) is 0 Å². The minimum absolute atomic E-state index is 0. The maximum absolute atomic E-state index is 6.37. The van der Waals surface area contributed by atoms with Gasteiger partial charge in [-0.15, -0.1) is 24.8 Å². The van der Waals surface area contributed by atoms with Gasteiger partial charge < -0.3 is 15.0 Å². The van der Waals surface area contributed by atoms with E-state index in [1.807, 2.05) is 24.4 Å². The third-order valence-corrected chi connectivity index (χ3v) is 7.40. The van der Waals surface area contributed by atoms with E-state index in [0.717, 1.165) is 62.8 Å². The highest BCUT2D eigenvalue weighted by molar-refractivity contribution is 6.31. The number of pyridine rings is 1. The summed E-state index contributed by atoms with van der Waals surface area (Å²) in [5.74, 6) is 0.625. The molecule has 1 aliphatic heterocycles. The lowest BCUT2D eigenvalue weighted by atomic mass is 10.0. The number of aryl methyl sites for hydroxylation is 1. The van der Waals surface area contributed by atoms with Gasteiger partial charge in [0.05, 0.1) is 7.11 Å². The first-order valence-electron chi connectivity index (χ1n) is 12.6. The predicted octanol–water partition coefficient (Wildman–Crippen LogP) is 5.88. The van der Waals surface area contributed by atoms with E-state index in [0.29, 0.717) is 12.4 Å². The van der Waals surface area contributed by atoms with Crippen LogP contribution in [0.4, 0.5) is 0 Å². The van der Waals surface area contributed by atoms with Crippen LogP contribution in [-0.2, 0) is 19.6 Å². The molecule has 1 saturated heterocycles. The van der Waals surface area contributed by atoms with Crippen LogP contribution in [0.5, 0.6) is 5.88 Å². The normalized spacial score (nSPS) is 14.2. The molecule has 0 aliphatic carbocycles. The number of piperazine rings is 1. The van der Waals surface area contributed by atoms with Crippen LogP contribution >= 0.6 is 36.4 Å². The zero-order valence-electron chi connectivity index (χ0n) is 21.7. The van der Waals surface area contributed by atoms with E-state index in [-0.39, 0.29) is 24.8 Å². The molecule has 6 nitrogen and oxygen atoms in total. The van der Waals surface area contributed by atoms with Crippen LogP contribution < -0.4 is 10.5 Å². The van der Waals surface area contributed by atoms with Crippen molar-refractivity contribution in [3.05, 3.63) is 83.1 Å². The Hall–Kier alpha value is -2.32. The number of methoxy groups -OCH3 is 1. The van der Waals surface area contributed by atoms with Gasteiger partial charge >= 0.3 is 0 Å². The highest BCUT2D eigenvalue weighted by Gasteiger charge is 2.19. The first-order chi connectivity index (χ1) is 17.6. The van der Waals surface area contributed by atoms with Gasteiger partial charge in [0, 0.05) is 91.3 Å². The number of fused-ring (bicyclic) bond motifs is 1. The molecule has 2 aromatic heterocycles. The minimum Gasteiger partial charge on any atom is -0.481 e. The second-order valence-electron chi connectivity index (χ2n) is 9.46. The standard InChI is InChI=1S/C29H34ClN5O.2ClH/c1-36-29-10-8-23(18-32-29)26-21-35(12-4-11-31)28-9-7-22(17-25(26)28)19-33-13-15-34(16-14-33)20-24-5-2-3-6-27(24)30;;/h2-3,5-10,17-18,21H,4,11-16,19-20,31H2,1H3;2*1H. The molecular formula is C29H36Cl3N5O. The number of nitrogens with zero attached hydrogens (tertiary/aromatic N) is 4. The minimum atomic E-state index is 0. The third kappa shape index (κ3) is 7.00. The molecule has 0 bridgehead atoms. The molecule has 2 aromatic carbocycles. The second kappa shape index (κ2) is 14.2. The SMILES string of the molecule is COc1ccc(-c2cn(CCCN)c3ccc(CN4CCN(Cc5ccccc5Cl)CC4)cc23)cn1.Cl.Cl. The van der Waals surface area contributed by atoms with E-state index < -0.39 is 0 Å². The van der Waals surface area contributed by atoms with Crippen LogP contribution in [-0.4, -0.2) is 59.2 Å². The first-order valence-corrected chi connectivity index (χ1v) is 13.0. The van der Waals surface area contributed by atoms with Crippen LogP contribution in [0.2, 0.25) is 5.02 Å². The Bertz CT molecular complexity index is 1300. The molecule has 9 heteroatoms. The monoisotopic (exact) mass is 575 g/mol. The highest BCUT2D eigenvalue weighted by Crippen LogP contribution is 2.32. The molecule has 0 amide bonds. The van der Waals surface area contributed by atoms with E-state index in [1.54, 1.807) is 7.11 Å². The lowest BCUT2D eigenvalue weighted by Gasteiger charge is -2.35. The van der Waals surface area contributed by atoms with Crippen LogP contribution in [0.1, 0.15) is 17.5 Å². The van der Waals surface area contributed by atoms with Gasteiger partial charge in [-0.25, -0.2) is 4.98 Å². The summed E-state index contributed by atoms with van der Waals surface area (Å²) in [6.07, 6.45) is 5.08. The number of rotatable bonds is 9. The summed E-state index contributed by atoms with van der Waals surface area (Å²) in [7, 11) is 1.64. The Labute approximate surface area is 242 Å². The summed E-state index contributed by atoms with van der Waals surface area (Å²) >= 11 is 6.37. The average molecular weight is 577 g/mol. The molecule has 0 saturated carbocycles. The largest absolute Gasteiger partial charge is 0.481 e. The Kier molecular flexibility index (Phi) is 11.3. The number of aromatic nitrogens is 2. The lowest BCUT2D eigenvalue weighted by Crippen LogP contribution is -2.45. The predicted molar refractivity (Wildman–Crippen MR) is 162 cm³/mol. The number of halogens is 3. The van der Waals surface area contributed by atoms with Gasteiger partial charge in [-0.05, 0) is 48.4 Å². The van der Waals surface area contributed by atoms with Crippen molar-refractivity contribution in [3.8, 4) is 17.0 Å². The quantitative estimate of drug-likeness (QED) is 0.270. The molecule has 3 heterocycles. The van der Waals surface area contributed by atoms with E-state index in [1.165, 1.54) is 27.6 Å². The molecule has 1 aliphatic rings. The fourth-order valence-corrected chi connectivity index (χ4v) is 5.21. The van der Waals surface area contributed by atoms with Crippen molar-refractivity contribution in [1.29, 1.82) is 0 Å². The van der Waals surface area contributed by atoms with Gasteiger partial charge in [0.2, 0.25) is 5.88 Å². The van der Waals surface area contributed by atoms with Crippen molar-refractivity contribution in [2.24, 2.45) is 5.73 Å². The summed E-state index contributed by atoms with van der Waals surface area (Å²) in [5.41, 5.74) is 11.9. The van der Waals surface area contributed by atoms with Crippen molar-refractivity contribution in [3.63, 3.8) is 0 Å². The van der Waals surface area contributed by atoms with E-state index in [4.69, 9.17) is 22.1 Å². The Morgan fingerprint density at radius 2 is 1.68 bits per heavy atom. The van der Waals surface area contributed by atoms with Gasteiger partial charge in [0.15, 0.2) is 0 Å². The van der Waals surface area contributed by atoms with Gasteiger partial charge in [0.25, 0.3) is 0 Å². The van der Waals surface area contributed by atoms with Crippen molar-refractivity contribution in [2.45, 2.75) is 26.1 Å². The summed E-state index contributed by atoms with van der Waals surface area (Å²) in [6, 6.07) is 19.0. The molecule has 1 fully saturated rings. The van der Waals surface area contributed by atoms with E-state index in [2.05, 4.69) is 61.9 Å². The zero-order valence-corrected chi connectivity index (χ0v) is 24.1. The maximum Gasteiger partial charge on any atom is 0.212 e. The molecular weight excluding hydrogens is 541 g/mol. The Morgan fingerprint density at radius 3 is 2.34 bits per heavy atom. The topological polar surface area (TPSA) is 59.6 Å². The molecule has 0 unspecified atom stereocenters. The van der Waals surface area contributed by atoms with Crippen molar-refractivity contribution in [2.75, 3.05) is 39.8 Å². The summed E-state index contributed by atoms with van der Waals surface area (Å²) in [5, 5.41) is 2.11. The molecule has 4 aromatic rings. The summed E-state index contributed by atoms with van der Waals surface area (Å²) in [4.78, 5) is 9.48. The van der Waals surface area contributed by atoms with E-state index in [9.17, 15) is 0 Å². The van der Waals surface area contributed by atoms with Crippen molar-refractivity contribution >= 4 is 47.3 Å². The number of hydrogen-bond donors (Lipinski definition) is 1. The smallest absolute Gasteiger partial charge is 0.212 e. The van der Waals surface area contributed by atoms with Gasteiger partial charge in [0.1, 0.15) is 0 Å². The van der Waals surface area contributed by atoms with E-state index >= 15 is 0 Å². The molecule has 0 atom stereocenters. The fraction of sp³-hybridized carbons (Fsp3) is 0.345. The molecule has 0 radical (unpaired) electrons. The fourth-order valence-electron chi connectivity index (χ4n) is 5.01. The highest BCUT2D eigenvalue weighted by atomic mass is 35.5. The first kappa shape index (κ1) is 30.2. The van der Waals surface area contributed by atoms with Gasteiger partial charge in [-0.2, -0.15) is 0 Å². The van der Waals surface area contributed by atoms with Crippen LogP contribution in [0.15, 0.2) is 67.0 Å².